The van der Waals surface area contributed by atoms with Gasteiger partial charge in [-0.05, 0) is 24.9 Å². The molecule has 0 amide bonds. The summed E-state index contributed by atoms with van der Waals surface area (Å²) in [6.45, 7) is 9.40. The molecule has 16 heavy (non-hydrogen) atoms. The van der Waals surface area contributed by atoms with Crippen molar-refractivity contribution in [2.24, 2.45) is 0 Å². The van der Waals surface area contributed by atoms with Gasteiger partial charge in [-0.25, -0.2) is 0 Å². The molecule has 0 bridgehead atoms. The fraction of sp³-hybridized carbons (Fsp3) is 0.667. The summed E-state index contributed by atoms with van der Waals surface area (Å²) >= 11 is 7.96. The Labute approximate surface area is 108 Å². The van der Waals surface area contributed by atoms with Gasteiger partial charge in [0.2, 0.25) is 0 Å². The number of aryl methyl sites for hydroxylation is 1. The van der Waals surface area contributed by atoms with Gasteiger partial charge in [-0.1, -0.05) is 25.4 Å². The number of nitrogens with one attached hydrogen (secondary N) is 1. The third-order valence-electron chi connectivity index (χ3n) is 2.43. The number of likely N-dealkylation sites (N-methyl/N-ethyl adjacent to an activating group) is 1. The van der Waals surface area contributed by atoms with E-state index in [0.29, 0.717) is 6.04 Å². The molecule has 1 rings (SSSR count). The molecule has 0 aromatic carbocycles. The summed E-state index contributed by atoms with van der Waals surface area (Å²) in [5, 5.41) is 6.47. The largest absolute Gasteiger partial charge is 0.313 e. The molecule has 0 unspecified atom stereocenters. The molecule has 0 aliphatic heterocycles. The van der Waals surface area contributed by atoms with Gasteiger partial charge >= 0.3 is 0 Å². The molecular weight excluding hydrogens is 240 g/mol. The fourth-order valence-corrected chi connectivity index (χ4v) is 2.77. The Bertz CT molecular complexity index is 323. The van der Waals surface area contributed by atoms with Crippen molar-refractivity contribution in [3.63, 3.8) is 0 Å². The first-order chi connectivity index (χ1) is 7.50. The second kappa shape index (κ2) is 6.60. The molecule has 0 saturated carbocycles. The van der Waals surface area contributed by atoms with Crippen molar-refractivity contribution in [2.45, 2.75) is 33.4 Å². The molecule has 92 valence electrons. The topological polar surface area (TPSA) is 15.3 Å². The Morgan fingerprint density at radius 3 is 2.69 bits per heavy atom. The summed E-state index contributed by atoms with van der Waals surface area (Å²) in [5.74, 6) is 0. The second-order valence-electron chi connectivity index (χ2n) is 4.50. The number of halogens is 1. The molecule has 1 aromatic heterocycles. The summed E-state index contributed by atoms with van der Waals surface area (Å²) in [6.07, 6.45) is 0. The number of thiophene rings is 1. The zero-order valence-electron chi connectivity index (χ0n) is 10.5. The highest BCUT2D eigenvalue weighted by Crippen LogP contribution is 2.27. The van der Waals surface area contributed by atoms with E-state index in [4.69, 9.17) is 11.6 Å². The van der Waals surface area contributed by atoms with Crippen molar-refractivity contribution < 1.29 is 0 Å². The van der Waals surface area contributed by atoms with Crippen molar-refractivity contribution >= 4 is 22.9 Å². The predicted molar refractivity (Wildman–Crippen MR) is 73.5 cm³/mol. The van der Waals surface area contributed by atoms with E-state index in [-0.39, 0.29) is 0 Å². The molecule has 1 N–H and O–H groups in total. The molecule has 4 heteroatoms. The van der Waals surface area contributed by atoms with E-state index in [1.807, 2.05) is 0 Å². The van der Waals surface area contributed by atoms with Gasteiger partial charge < -0.3 is 5.32 Å². The number of nitrogens with zero attached hydrogens (tertiary/aromatic N) is 1. The van der Waals surface area contributed by atoms with Crippen LogP contribution < -0.4 is 5.32 Å². The SMILES string of the molecule is Cc1csc(CN(C)CCNC(C)C)c1Cl. The van der Waals surface area contributed by atoms with Gasteiger partial charge in [-0.2, -0.15) is 0 Å². The Morgan fingerprint density at radius 1 is 1.50 bits per heavy atom. The van der Waals surface area contributed by atoms with Gasteiger partial charge in [0.1, 0.15) is 0 Å². The summed E-state index contributed by atoms with van der Waals surface area (Å²) in [7, 11) is 2.13. The first-order valence-corrected chi connectivity index (χ1v) is 6.91. The second-order valence-corrected chi connectivity index (χ2v) is 5.84. The molecule has 0 spiro atoms. The zero-order valence-corrected chi connectivity index (χ0v) is 12.1. The fourth-order valence-electron chi connectivity index (χ4n) is 1.46. The lowest BCUT2D eigenvalue weighted by molar-refractivity contribution is 0.322. The van der Waals surface area contributed by atoms with E-state index in [1.54, 1.807) is 11.3 Å². The molecule has 1 aromatic rings. The number of hydrogen-bond donors (Lipinski definition) is 1. The van der Waals surface area contributed by atoms with Gasteiger partial charge in [-0.15, -0.1) is 11.3 Å². The van der Waals surface area contributed by atoms with Crippen LogP contribution in [0.3, 0.4) is 0 Å². The van der Waals surface area contributed by atoms with E-state index in [1.165, 1.54) is 10.4 Å². The molecule has 0 aliphatic carbocycles. The monoisotopic (exact) mass is 260 g/mol. The van der Waals surface area contributed by atoms with Crippen LogP contribution in [0.15, 0.2) is 5.38 Å². The Balaban J connectivity index is 2.34. The zero-order chi connectivity index (χ0) is 12.1. The summed E-state index contributed by atoms with van der Waals surface area (Å²) in [6, 6.07) is 0.556. The maximum Gasteiger partial charge on any atom is 0.0587 e. The van der Waals surface area contributed by atoms with Crippen LogP contribution in [-0.2, 0) is 6.54 Å². The predicted octanol–water partition coefficient (Wildman–Crippen LogP) is 3.14. The van der Waals surface area contributed by atoms with Crippen LogP contribution in [0.4, 0.5) is 0 Å². The van der Waals surface area contributed by atoms with Crippen LogP contribution in [-0.4, -0.2) is 31.1 Å². The van der Waals surface area contributed by atoms with Gasteiger partial charge in [0.15, 0.2) is 0 Å². The van der Waals surface area contributed by atoms with Gasteiger partial charge in [0, 0.05) is 30.6 Å². The first kappa shape index (κ1) is 14.0. The highest BCUT2D eigenvalue weighted by atomic mass is 35.5. The van der Waals surface area contributed by atoms with Crippen LogP contribution in [0.5, 0.6) is 0 Å². The number of hydrogen-bond acceptors (Lipinski definition) is 3. The lowest BCUT2D eigenvalue weighted by atomic mass is 10.3. The third kappa shape index (κ3) is 4.42. The molecule has 1 heterocycles. The minimum absolute atomic E-state index is 0.556. The van der Waals surface area contributed by atoms with Crippen molar-refractivity contribution in [3.8, 4) is 0 Å². The maximum absolute atomic E-state index is 6.21. The Morgan fingerprint density at radius 2 is 2.19 bits per heavy atom. The van der Waals surface area contributed by atoms with E-state index in [9.17, 15) is 0 Å². The molecule has 0 saturated heterocycles. The standard InChI is InChI=1S/C12H21ClN2S/c1-9(2)14-5-6-15(4)7-11-12(13)10(3)8-16-11/h8-9,14H,5-7H2,1-4H3. The van der Waals surface area contributed by atoms with Crippen molar-refractivity contribution in [3.05, 3.63) is 20.8 Å². The summed E-state index contributed by atoms with van der Waals surface area (Å²) in [5.41, 5.74) is 1.19. The van der Waals surface area contributed by atoms with Crippen LogP contribution in [0.25, 0.3) is 0 Å². The molecular formula is C12H21ClN2S. The van der Waals surface area contributed by atoms with Gasteiger partial charge in [0.25, 0.3) is 0 Å². The average Bonchev–Trinajstić information content (AvgIpc) is 2.49. The average molecular weight is 261 g/mol. The molecule has 0 radical (unpaired) electrons. The van der Waals surface area contributed by atoms with Gasteiger partial charge in [0.05, 0.1) is 5.02 Å². The lowest BCUT2D eigenvalue weighted by Crippen LogP contribution is -2.32. The maximum atomic E-state index is 6.21. The van der Waals surface area contributed by atoms with Gasteiger partial charge in [-0.3, -0.25) is 4.90 Å². The van der Waals surface area contributed by atoms with E-state index in [2.05, 4.69) is 43.4 Å². The van der Waals surface area contributed by atoms with Crippen LogP contribution >= 0.6 is 22.9 Å². The Hall–Kier alpha value is -0.0900. The molecule has 0 aliphatic rings. The van der Waals surface area contributed by atoms with Crippen molar-refractivity contribution in [2.75, 3.05) is 20.1 Å². The molecule has 2 nitrogen and oxygen atoms in total. The third-order valence-corrected chi connectivity index (χ3v) is 4.16. The number of rotatable bonds is 6. The highest BCUT2D eigenvalue weighted by Gasteiger charge is 2.08. The summed E-state index contributed by atoms with van der Waals surface area (Å²) in [4.78, 5) is 3.57. The molecule has 0 fully saturated rings. The van der Waals surface area contributed by atoms with Crippen LogP contribution in [0, 0.1) is 6.92 Å². The minimum atomic E-state index is 0.556. The van der Waals surface area contributed by atoms with E-state index < -0.39 is 0 Å². The minimum Gasteiger partial charge on any atom is -0.313 e. The first-order valence-electron chi connectivity index (χ1n) is 5.65. The summed E-state index contributed by atoms with van der Waals surface area (Å²) < 4.78 is 0. The van der Waals surface area contributed by atoms with E-state index in [0.717, 1.165) is 24.7 Å². The van der Waals surface area contributed by atoms with Crippen LogP contribution in [0.1, 0.15) is 24.3 Å². The normalized spacial score (nSPS) is 11.7. The molecule has 0 atom stereocenters. The quantitative estimate of drug-likeness (QED) is 0.846. The van der Waals surface area contributed by atoms with Crippen molar-refractivity contribution in [1.82, 2.24) is 10.2 Å². The highest BCUT2D eigenvalue weighted by molar-refractivity contribution is 7.10. The lowest BCUT2D eigenvalue weighted by Gasteiger charge is -2.17. The Kier molecular flexibility index (Phi) is 5.76. The van der Waals surface area contributed by atoms with E-state index >= 15 is 0 Å². The smallest absolute Gasteiger partial charge is 0.0587 e. The van der Waals surface area contributed by atoms with Crippen molar-refractivity contribution in [1.29, 1.82) is 0 Å². The van der Waals surface area contributed by atoms with Crippen LogP contribution in [0.2, 0.25) is 5.02 Å².